The van der Waals surface area contributed by atoms with Crippen molar-refractivity contribution in [3.63, 3.8) is 0 Å². The zero-order valence-corrected chi connectivity index (χ0v) is 11.2. The van der Waals surface area contributed by atoms with E-state index in [9.17, 15) is 4.79 Å². The van der Waals surface area contributed by atoms with Gasteiger partial charge in [-0.05, 0) is 37.1 Å². The van der Waals surface area contributed by atoms with Crippen LogP contribution in [0.2, 0.25) is 0 Å². The van der Waals surface area contributed by atoms with Gasteiger partial charge in [-0.25, -0.2) is 0 Å². The number of rotatable bonds is 3. The van der Waals surface area contributed by atoms with Crippen molar-refractivity contribution < 1.29 is 4.79 Å². The van der Waals surface area contributed by atoms with Crippen molar-refractivity contribution in [1.29, 1.82) is 0 Å². The molecule has 1 amide bonds. The minimum absolute atomic E-state index is 0.0712. The largest absolute Gasteiger partial charge is 0.322 e. The Morgan fingerprint density at radius 3 is 2.32 bits per heavy atom. The summed E-state index contributed by atoms with van der Waals surface area (Å²) < 4.78 is 0. The molecule has 0 aliphatic rings. The normalized spacial score (nSPS) is 11.2. The molecule has 0 spiro atoms. The number of hydrogen-bond donors (Lipinski definition) is 1. The maximum atomic E-state index is 12.1. The number of hydrogen-bond acceptors (Lipinski definition) is 1. The SMILES string of the molecule is C/C(=C\c1ccccc1)C(=O)Nc1ccccc1C. The summed E-state index contributed by atoms with van der Waals surface area (Å²) in [5, 5.41) is 2.92. The van der Waals surface area contributed by atoms with Gasteiger partial charge in [0, 0.05) is 11.3 Å². The Bertz CT molecular complexity index is 600. The number of para-hydroxylation sites is 1. The van der Waals surface area contributed by atoms with E-state index in [2.05, 4.69) is 5.32 Å². The molecule has 0 radical (unpaired) electrons. The van der Waals surface area contributed by atoms with Crippen molar-refractivity contribution in [2.45, 2.75) is 13.8 Å². The molecular weight excluding hydrogens is 234 g/mol. The predicted molar refractivity (Wildman–Crippen MR) is 79.9 cm³/mol. The number of aryl methyl sites for hydroxylation is 1. The van der Waals surface area contributed by atoms with Crippen molar-refractivity contribution in [2.24, 2.45) is 0 Å². The van der Waals surface area contributed by atoms with Crippen LogP contribution in [0, 0.1) is 6.92 Å². The average Bonchev–Trinajstić information content (AvgIpc) is 2.42. The fourth-order valence-corrected chi connectivity index (χ4v) is 1.80. The van der Waals surface area contributed by atoms with Gasteiger partial charge in [-0.3, -0.25) is 4.79 Å². The molecule has 0 saturated carbocycles. The van der Waals surface area contributed by atoms with Gasteiger partial charge in [0.2, 0.25) is 0 Å². The highest BCUT2D eigenvalue weighted by Gasteiger charge is 2.06. The molecule has 1 N–H and O–H groups in total. The molecule has 0 atom stereocenters. The van der Waals surface area contributed by atoms with Crippen molar-refractivity contribution in [3.05, 3.63) is 71.3 Å². The van der Waals surface area contributed by atoms with E-state index >= 15 is 0 Å². The van der Waals surface area contributed by atoms with Crippen LogP contribution in [-0.4, -0.2) is 5.91 Å². The van der Waals surface area contributed by atoms with E-state index in [0.717, 1.165) is 16.8 Å². The Labute approximate surface area is 113 Å². The Morgan fingerprint density at radius 2 is 1.63 bits per heavy atom. The van der Waals surface area contributed by atoms with Crippen molar-refractivity contribution >= 4 is 17.7 Å². The van der Waals surface area contributed by atoms with Crippen LogP contribution in [-0.2, 0) is 4.79 Å². The maximum Gasteiger partial charge on any atom is 0.251 e. The molecule has 0 saturated heterocycles. The van der Waals surface area contributed by atoms with Crippen molar-refractivity contribution in [1.82, 2.24) is 0 Å². The minimum Gasteiger partial charge on any atom is -0.322 e. The Morgan fingerprint density at radius 1 is 1.00 bits per heavy atom. The highest BCUT2D eigenvalue weighted by Crippen LogP contribution is 2.15. The van der Waals surface area contributed by atoms with E-state index in [1.54, 1.807) is 0 Å². The zero-order valence-electron chi connectivity index (χ0n) is 11.2. The van der Waals surface area contributed by atoms with Crippen LogP contribution in [0.1, 0.15) is 18.1 Å². The number of amides is 1. The molecule has 0 unspecified atom stereocenters. The summed E-state index contributed by atoms with van der Waals surface area (Å²) in [6.07, 6.45) is 1.88. The second kappa shape index (κ2) is 6.01. The van der Waals surface area contributed by atoms with E-state index in [4.69, 9.17) is 0 Å². The number of benzene rings is 2. The predicted octanol–water partition coefficient (Wildman–Crippen LogP) is 4.04. The van der Waals surface area contributed by atoms with Crippen LogP contribution in [0.4, 0.5) is 5.69 Å². The maximum absolute atomic E-state index is 12.1. The highest BCUT2D eigenvalue weighted by molar-refractivity contribution is 6.06. The fourth-order valence-electron chi connectivity index (χ4n) is 1.80. The van der Waals surface area contributed by atoms with Gasteiger partial charge in [0.1, 0.15) is 0 Å². The van der Waals surface area contributed by atoms with Crippen LogP contribution in [0.3, 0.4) is 0 Å². The summed E-state index contributed by atoms with van der Waals surface area (Å²) in [5.74, 6) is -0.0712. The Kier molecular flexibility index (Phi) is 4.14. The van der Waals surface area contributed by atoms with E-state index in [1.165, 1.54) is 0 Å². The smallest absolute Gasteiger partial charge is 0.251 e. The van der Waals surface area contributed by atoms with Crippen LogP contribution < -0.4 is 5.32 Å². The Hall–Kier alpha value is -2.35. The van der Waals surface area contributed by atoms with Gasteiger partial charge in [0.15, 0.2) is 0 Å². The van der Waals surface area contributed by atoms with Gasteiger partial charge in [-0.1, -0.05) is 48.5 Å². The average molecular weight is 251 g/mol. The number of nitrogens with one attached hydrogen (secondary N) is 1. The molecular formula is C17H17NO. The molecule has 0 aromatic heterocycles. The molecule has 0 aliphatic carbocycles. The van der Waals surface area contributed by atoms with Crippen LogP contribution in [0.25, 0.3) is 6.08 Å². The molecule has 2 aromatic carbocycles. The van der Waals surface area contributed by atoms with Crippen LogP contribution >= 0.6 is 0 Å². The first-order valence-electron chi connectivity index (χ1n) is 6.27. The number of carbonyl (C=O) groups is 1. The van der Waals surface area contributed by atoms with E-state index in [-0.39, 0.29) is 5.91 Å². The third kappa shape index (κ3) is 3.55. The number of carbonyl (C=O) groups excluding carboxylic acids is 1. The molecule has 19 heavy (non-hydrogen) atoms. The highest BCUT2D eigenvalue weighted by atomic mass is 16.1. The zero-order chi connectivity index (χ0) is 13.7. The second-order valence-electron chi connectivity index (χ2n) is 4.51. The van der Waals surface area contributed by atoms with Gasteiger partial charge in [-0.2, -0.15) is 0 Å². The number of anilines is 1. The lowest BCUT2D eigenvalue weighted by molar-refractivity contribution is -0.112. The minimum atomic E-state index is -0.0712. The molecule has 0 fully saturated rings. The van der Waals surface area contributed by atoms with Gasteiger partial charge in [-0.15, -0.1) is 0 Å². The quantitative estimate of drug-likeness (QED) is 0.820. The molecule has 96 valence electrons. The molecule has 2 rings (SSSR count). The third-order valence-electron chi connectivity index (χ3n) is 2.93. The monoisotopic (exact) mass is 251 g/mol. The third-order valence-corrected chi connectivity index (χ3v) is 2.93. The van der Waals surface area contributed by atoms with Crippen LogP contribution in [0.5, 0.6) is 0 Å². The summed E-state index contributed by atoms with van der Waals surface area (Å²) in [4.78, 5) is 12.1. The van der Waals surface area contributed by atoms with E-state index in [1.807, 2.05) is 74.5 Å². The van der Waals surface area contributed by atoms with Gasteiger partial charge >= 0.3 is 0 Å². The molecule has 2 nitrogen and oxygen atoms in total. The summed E-state index contributed by atoms with van der Waals surface area (Å²) >= 11 is 0. The van der Waals surface area contributed by atoms with Gasteiger partial charge < -0.3 is 5.32 Å². The lowest BCUT2D eigenvalue weighted by atomic mass is 10.1. The van der Waals surface area contributed by atoms with E-state index in [0.29, 0.717) is 5.57 Å². The molecule has 2 heteroatoms. The van der Waals surface area contributed by atoms with Gasteiger partial charge in [0.25, 0.3) is 5.91 Å². The van der Waals surface area contributed by atoms with E-state index < -0.39 is 0 Å². The second-order valence-corrected chi connectivity index (χ2v) is 4.51. The van der Waals surface area contributed by atoms with Gasteiger partial charge in [0.05, 0.1) is 0 Å². The molecule has 0 bridgehead atoms. The summed E-state index contributed by atoms with van der Waals surface area (Å²) in [7, 11) is 0. The summed E-state index contributed by atoms with van der Waals surface area (Å²) in [6.45, 7) is 3.80. The molecule has 2 aromatic rings. The first-order chi connectivity index (χ1) is 9.16. The Balaban J connectivity index is 2.12. The first kappa shape index (κ1) is 13.1. The molecule has 0 aliphatic heterocycles. The molecule has 0 heterocycles. The summed E-state index contributed by atoms with van der Waals surface area (Å²) in [6, 6.07) is 17.6. The summed E-state index contributed by atoms with van der Waals surface area (Å²) in [5.41, 5.74) is 3.63. The standard InChI is InChI=1S/C17H17NO/c1-13-8-6-7-11-16(13)18-17(19)14(2)12-15-9-4-3-5-10-15/h3-12H,1-2H3,(H,18,19)/b14-12+. The lowest BCUT2D eigenvalue weighted by Gasteiger charge is -2.08. The van der Waals surface area contributed by atoms with Crippen LogP contribution in [0.15, 0.2) is 60.2 Å². The first-order valence-corrected chi connectivity index (χ1v) is 6.27. The lowest BCUT2D eigenvalue weighted by Crippen LogP contribution is -2.13. The fraction of sp³-hybridized carbons (Fsp3) is 0.118. The van der Waals surface area contributed by atoms with Crippen molar-refractivity contribution in [3.8, 4) is 0 Å². The topological polar surface area (TPSA) is 29.1 Å². The van der Waals surface area contributed by atoms with Crippen molar-refractivity contribution in [2.75, 3.05) is 5.32 Å².